The molecule has 21 heavy (non-hydrogen) atoms. The van der Waals surface area contributed by atoms with Crippen LogP contribution in [0.15, 0.2) is 39.4 Å². The Morgan fingerprint density at radius 3 is 2.67 bits per heavy atom. The summed E-state index contributed by atoms with van der Waals surface area (Å²) in [6.07, 6.45) is 3.62. The van der Waals surface area contributed by atoms with Crippen molar-refractivity contribution in [2.24, 2.45) is 5.73 Å². The molecular formula is C17H23BrN2O. The van der Waals surface area contributed by atoms with E-state index in [-0.39, 0.29) is 6.04 Å². The first kappa shape index (κ1) is 16.1. The standard InChI is InChI=1S/C17H23BrN2O/c1-4-16(19)10-14-9-15(18)5-6-17(14)20(3)11-13-7-8-21-12(13)2/h5-9,16H,4,10-11,19H2,1-3H3. The molecule has 0 amide bonds. The molecule has 0 aliphatic heterocycles. The van der Waals surface area contributed by atoms with E-state index < -0.39 is 0 Å². The van der Waals surface area contributed by atoms with Crippen molar-refractivity contribution in [3.05, 3.63) is 51.9 Å². The molecule has 1 aromatic carbocycles. The maximum absolute atomic E-state index is 6.14. The fourth-order valence-electron chi connectivity index (χ4n) is 2.43. The number of halogens is 1. The fraction of sp³-hybridized carbons (Fsp3) is 0.412. The predicted molar refractivity (Wildman–Crippen MR) is 91.7 cm³/mol. The van der Waals surface area contributed by atoms with Crippen molar-refractivity contribution >= 4 is 21.6 Å². The summed E-state index contributed by atoms with van der Waals surface area (Å²) in [5.74, 6) is 0.978. The zero-order valence-corrected chi connectivity index (χ0v) is 14.5. The van der Waals surface area contributed by atoms with E-state index in [1.165, 1.54) is 16.8 Å². The summed E-state index contributed by atoms with van der Waals surface area (Å²) in [5.41, 5.74) is 9.85. The van der Waals surface area contributed by atoms with Gasteiger partial charge in [0.2, 0.25) is 0 Å². The molecule has 2 aromatic rings. The topological polar surface area (TPSA) is 42.4 Å². The lowest BCUT2D eigenvalue weighted by molar-refractivity contribution is 0.529. The van der Waals surface area contributed by atoms with Crippen LogP contribution in [0.1, 0.15) is 30.2 Å². The maximum Gasteiger partial charge on any atom is 0.105 e. The molecule has 1 heterocycles. The quantitative estimate of drug-likeness (QED) is 0.845. The third-order valence-electron chi connectivity index (χ3n) is 3.83. The zero-order valence-electron chi connectivity index (χ0n) is 12.9. The molecule has 0 saturated carbocycles. The highest BCUT2D eigenvalue weighted by Gasteiger charge is 2.13. The van der Waals surface area contributed by atoms with Gasteiger partial charge in [0.25, 0.3) is 0 Å². The largest absolute Gasteiger partial charge is 0.469 e. The van der Waals surface area contributed by atoms with Crippen molar-refractivity contribution < 1.29 is 4.42 Å². The van der Waals surface area contributed by atoms with Crippen LogP contribution in [0.5, 0.6) is 0 Å². The summed E-state index contributed by atoms with van der Waals surface area (Å²) >= 11 is 3.56. The second-order valence-electron chi connectivity index (χ2n) is 5.50. The number of aryl methyl sites for hydroxylation is 1. The van der Waals surface area contributed by atoms with E-state index in [0.717, 1.165) is 29.6 Å². The maximum atomic E-state index is 6.14. The zero-order chi connectivity index (χ0) is 15.4. The van der Waals surface area contributed by atoms with E-state index in [2.05, 4.69) is 53.0 Å². The van der Waals surface area contributed by atoms with Crippen molar-refractivity contribution in [1.82, 2.24) is 0 Å². The van der Waals surface area contributed by atoms with Gasteiger partial charge in [-0.2, -0.15) is 0 Å². The summed E-state index contributed by atoms with van der Waals surface area (Å²) in [7, 11) is 2.11. The van der Waals surface area contributed by atoms with Crippen molar-refractivity contribution in [2.45, 2.75) is 39.3 Å². The predicted octanol–water partition coefficient (Wildman–Crippen LogP) is 4.27. The molecule has 0 aliphatic carbocycles. The van der Waals surface area contributed by atoms with Gasteiger partial charge >= 0.3 is 0 Å². The summed E-state index contributed by atoms with van der Waals surface area (Å²) in [6, 6.07) is 8.62. The Balaban J connectivity index is 2.23. The second kappa shape index (κ2) is 7.14. The highest BCUT2D eigenvalue weighted by atomic mass is 79.9. The number of hydrogen-bond acceptors (Lipinski definition) is 3. The minimum Gasteiger partial charge on any atom is -0.469 e. The molecular weight excluding hydrogens is 328 g/mol. The number of anilines is 1. The molecule has 2 rings (SSSR count). The van der Waals surface area contributed by atoms with Gasteiger partial charge in [-0.3, -0.25) is 0 Å². The third-order valence-corrected chi connectivity index (χ3v) is 4.33. The van der Waals surface area contributed by atoms with Gasteiger partial charge in [-0.15, -0.1) is 0 Å². The summed E-state index contributed by atoms with van der Waals surface area (Å²) in [4.78, 5) is 2.25. The number of nitrogens with two attached hydrogens (primary N) is 1. The number of furan rings is 1. The average molecular weight is 351 g/mol. The van der Waals surface area contributed by atoms with Crippen molar-refractivity contribution in [3.63, 3.8) is 0 Å². The van der Waals surface area contributed by atoms with Crippen LogP contribution in [0.25, 0.3) is 0 Å². The summed E-state index contributed by atoms with van der Waals surface area (Å²) < 4.78 is 6.47. The molecule has 0 aliphatic rings. The highest BCUT2D eigenvalue weighted by molar-refractivity contribution is 9.10. The molecule has 4 heteroatoms. The van der Waals surface area contributed by atoms with E-state index in [1.807, 2.05) is 13.0 Å². The average Bonchev–Trinajstić information content (AvgIpc) is 2.84. The van der Waals surface area contributed by atoms with Crippen LogP contribution in [-0.2, 0) is 13.0 Å². The SMILES string of the molecule is CCC(N)Cc1cc(Br)ccc1N(C)Cc1ccoc1C. The molecule has 1 unspecified atom stereocenters. The first-order valence-corrected chi connectivity index (χ1v) is 8.08. The van der Waals surface area contributed by atoms with Crippen LogP contribution in [0.4, 0.5) is 5.69 Å². The van der Waals surface area contributed by atoms with Gasteiger partial charge in [0.1, 0.15) is 5.76 Å². The Bertz CT molecular complexity index is 594. The molecule has 0 radical (unpaired) electrons. The highest BCUT2D eigenvalue weighted by Crippen LogP contribution is 2.27. The first-order valence-electron chi connectivity index (χ1n) is 7.29. The van der Waals surface area contributed by atoms with Crippen molar-refractivity contribution in [2.75, 3.05) is 11.9 Å². The van der Waals surface area contributed by atoms with Gasteiger partial charge in [0.05, 0.1) is 6.26 Å². The first-order chi connectivity index (χ1) is 10.0. The third kappa shape index (κ3) is 4.11. The van der Waals surface area contributed by atoms with Gasteiger partial charge in [-0.25, -0.2) is 0 Å². The fourth-order valence-corrected chi connectivity index (χ4v) is 2.84. The smallest absolute Gasteiger partial charge is 0.105 e. The summed E-state index contributed by atoms with van der Waals surface area (Å²) in [6.45, 7) is 4.96. The number of nitrogens with zero attached hydrogens (tertiary/aromatic N) is 1. The lowest BCUT2D eigenvalue weighted by Gasteiger charge is -2.24. The molecule has 3 nitrogen and oxygen atoms in total. The van der Waals surface area contributed by atoms with Crippen LogP contribution in [0.2, 0.25) is 0 Å². The molecule has 1 aromatic heterocycles. The Hall–Kier alpha value is -1.26. The van der Waals surface area contributed by atoms with E-state index in [9.17, 15) is 0 Å². The Labute approximate surface area is 135 Å². The van der Waals surface area contributed by atoms with E-state index in [0.29, 0.717) is 0 Å². The van der Waals surface area contributed by atoms with Crippen LogP contribution in [-0.4, -0.2) is 13.1 Å². The van der Waals surface area contributed by atoms with Gasteiger partial charge in [-0.1, -0.05) is 22.9 Å². The van der Waals surface area contributed by atoms with Gasteiger partial charge < -0.3 is 15.1 Å². The monoisotopic (exact) mass is 350 g/mol. The Morgan fingerprint density at radius 1 is 1.29 bits per heavy atom. The van der Waals surface area contributed by atoms with Gasteiger partial charge in [0, 0.05) is 35.4 Å². The lowest BCUT2D eigenvalue weighted by Crippen LogP contribution is -2.24. The lowest BCUT2D eigenvalue weighted by atomic mass is 10.0. The number of hydrogen-bond donors (Lipinski definition) is 1. The van der Waals surface area contributed by atoms with Crippen LogP contribution in [0.3, 0.4) is 0 Å². The Kier molecular flexibility index (Phi) is 5.48. The van der Waals surface area contributed by atoms with Gasteiger partial charge in [-0.05, 0) is 49.6 Å². The van der Waals surface area contributed by atoms with Crippen LogP contribution in [0, 0.1) is 6.92 Å². The molecule has 0 bridgehead atoms. The van der Waals surface area contributed by atoms with Crippen molar-refractivity contribution in [3.8, 4) is 0 Å². The Morgan fingerprint density at radius 2 is 2.05 bits per heavy atom. The minimum absolute atomic E-state index is 0.196. The number of rotatable bonds is 6. The molecule has 0 saturated heterocycles. The molecule has 0 fully saturated rings. The number of benzene rings is 1. The van der Waals surface area contributed by atoms with E-state index in [1.54, 1.807) is 6.26 Å². The van der Waals surface area contributed by atoms with E-state index >= 15 is 0 Å². The second-order valence-corrected chi connectivity index (χ2v) is 6.42. The molecule has 1 atom stereocenters. The molecule has 0 spiro atoms. The molecule has 114 valence electrons. The van der Waals surface area contributed by atoms with E-state index in [4.69, 9.17) is 10.2 Å². The van der Waals surface area contributed by atoms with Crippen LogP contribution >= 0.6 is 15.9 Å². The normalized spacial score (nSPS) is 12.4. The van der Waals surface area contributed by atoms with Gasteiger partial charge in [0.15, 0.2) is 0 Å². The molecule has 2 N–H and O–H groups in total. The minimum atomic E-state index is 0.196. The summed E-state index contributed by atoms with van der Waals surface area (Å²) in [5, 5.41) is 0. The van der Waals surface area contributed by atoms with Crippen LogP contribution < -0.4 is 10.6 Å². The van der Waals surface area contributed by atoms with Crippen molar-refractivity contribution in [1.29, 1.82) is 0 Å².